The second-order valence-corrected chi connectivity index (χ2v) is 7.71. The number of methoxy groups -OCH3 is 1. The molecular formula is C21H22N2O5. The van der Waals surface area contributed by atoms with E-state index in [4.69, 9.17) is 19.9 Å². The highest BCUT2D eigenvalue weighted by Gasteiger charge is 2.43. The third kappa shape index (κ3) is 3.46. The fourth-order valence-electron chi connectivity index (χ4n) is 3.72. The Labute approximate surface area is 163 Å². The van der Waals surface area contributed by atoms with Crippen LogP contribution in [0.3, 0.4) is 0 Å². The van der Waals surface area contributed by atoms with Gasteiger partial charge in [-0.05, 0) is 23.1 Å². The smallest absolute Gasteiger partial charge is 0.308 e. The molecule has 3 rings (SSSR count). The van der Waals surface area contributed by atoms with E-state index >= 15 is 0 Å². The maximum atomic E-state index is 13.0. The zero-order chi connectivity index (χ0) is 20.6. The summed E-state index contributed by atoms with van der Waals surface area (Å²) in [5.74, 6) is -0.122. The number of carbonyl (C=O) groups excluding carboxylic acids is 2. The summed E-state index contributed by atoms with van der Waals surface area (Å²) in [6.45, 7) is 5.27. The Morgan fingerprint density at radius 1 is 1.32 bits per heavy atom. The van der Waals surface area contributed by atoms with Crippen molar-refractivity contribution in [1.29, 1.82) is 5.26 Å². The molecule has 1 aromatic carbocycles. The SMILES string of the molecule is COc1cc(C2C(C#N)=C(N)OC3=C2C(=O)CC(C)(C)C3)ccc1OC(C)=O. The number of nitrogens with zero attached hydrogens (tertiary/aromatic N) is 1. The van der Waals surface area contributed by atoms with Gasteiger partial charge in [-0.2, -0.15) is 5.26 Å². The van der Waals surface area contributed by atoms with E-state index in [-0.39, 0.29) is 28.4 Å². The summed E-state index contributed by atoms with van der Waals surface area (Å²) >= 11 is 0. The van der Waals surface area contributed by atoms with Gasteiger partial charge in [0, 0.05) is 25.3 Å². The van der Waals surface area contributed by atoms with Crippen molar-refractivity contribution in [3.8, 4) is 17.6 Å². The summed E-state index contributed by atoms with van der Waals surface area (Å²) in [6, 6.07) is 7.00. The van der Waals surface area contributed by atoms with Crippen LogP contribution >= 0.6 is 0 Å². The number of hydrogen-bond acceptors (Lipinski definition) is 7. The highest BCUT2D eigenvalue weighted by Crippen LogP contribution is 2.48. The van der Waals surface area contributed by atoms with Crippen molar-refractivity contribution >= 4 is 11.8 Å². The van der Waals surface area contributed by atoms with E-state index in [1.807, 2.05) is 13.8 Å². The minimum atomic E-state index is -0.655. The van der Waals surface area contributed by atoms with Crippen molar-refractivity contribution in [2.45, 2.75) is 39.5 Å². The molecule has 0 saturated carbocycles. The molecule has 1 aromatic rings. The number of benzene rings is 1. The van der Waals surface area contributed by atoms with Crippen LogP contribution in [0.5, 0.6) is 11.5 Å². The Morgan fingerprint density at radius 2 is 2.04 bits per heavy atom. The zero-order valence-corrected chi connectivity index (χ0v) is 16.3. The average molecular weight is 382 g/mol. The van der Waals surface area contributed by atoms with Gasteiger partial charge in [-0.15, -0.1) is 0 Å². The summed E-state index contributed by atoms with van der Waals surface area (Å²) in [4.78, 5) is 24.2. The second-order valence-electron chi connectivity index (χ2n) is 7.71. The molecule has 7 nitrogen and oxygen atoms in total. The molecule has 1 aliphatic heterocycles. The van der Waals surface area contributed by atoms with Gasteiger partial charge in [-0.1, -0.05) is 19.9 Å². The third-order valence-corrected chi connectivity index (χ3v) is 4.85. The molecule has 0 amide bonds. The van der Waals surface area contributed by atoms with Crippen molar-refractivity contribution in [2.75, 3.05) is 7.11 Å². The van der Waals surface area contributed by atoms with E-state index in [2.05, 4.69) is 6.07 Å². The number of nitriles is 1. The molecule has 1 heterocycles. The number of rotatable bonds is 3. The van der Waals surface area contributed by atoms with Gasteiger partial charge in [-0.3, -0.25) is 9.59 Å². The van der Waals surface area contributed by atoms with Gasteiger partial charge in [0.15, 0.2) is 17.3 Å². The van der Waals surface area contributed by atoms with Crippen molar-refractivity contribution in [2.24, 2.45) is 11.1 Å². The van der Waals surface area contributed by atoms with Crippen LogP contribution in [0.25, 0.3) is 0 Å². The number of nitrogens with two attached hydrogens (primary N) is 1. The summed E-state index contributed by atoms with van der Waals surface area (Å²) in [7, 11) is 1.45. The van der Waals surface area contributed by atoms with Crippen LogP contribution in [0.15, 0.2) is 41.0 Å². The molecule has 2 N–H and O–H groups in total. The molecule has 1 unspecified atom stereocenters. The van der Waals surface area contributed by atoms with Crippen LogP contribution in [0.2, 0.25) is 0 Å². The number of Topliss-reactive ketones (excluding diaryl/α,β-unsaturated/α-hetero) is 1. The first-order valence-electron chi connectivity index (χ1n) is 8.87. The van der Waals surface area contributed by atoms with Crippen molar-refractivity contribution < 1.29 is 23.8 Å². The Bertz CT molecular complexity index is 965. The number of ketones is 1. The van der Waals surface area contributed by atoms with Crippen LogP contribution in [0.4, 0.5) is 0 Å². The first-order valence-corrected chi connectivity index (χ1v) is 8.87. The lowest BCUT2D eigenvalue weighted by Crippen LogP contribution is -2.33. The minimum Gasteiger partial charge on any atom is -0.493 e. The molecule has 2 aliphatic rings. The Hall–Kier alpha value is -3.27. The van der Waals surface area contributed by atoms with E-state index < -0.39 is 11.9 Å². The number of carbonyl (C=O) groups is 2. The fourth-order valence-corrected chi connectivity index (χ4v) is 3.72. The predicted octanol–water partition coefficient (Wildman–Crippen LogP) is 3.07. The van der Waals surface area contributed by atoms with Gasteiger partial charge in [0.2, 0.25) is 5.88 Å². The molecule has 0 spiro atoms. The van der Waals surface area contributed by atoms with Crippen LogP contribution < -0.4 is 15.2 Å². The Morgan fingerprint density at radius 3 is 2.64 bits per heavy atom. The van der Waals surface area contributed by atoms with Gasteiger partial charge < -0.3 is 19.9 Å². The topological polar surface area (TPSA) is 112 Å². The fraction of sp³-hybridized carbons (Fsp3) is 0.381. The summed E-state index contributed by atoms with van der Waals surface area (Å²) in [5, 5.41) is 9.67. The normalized spacial score (nSPS) is 20.8. The van der Waals surface area contributed by atoms with Crippen LogP contribution in [-0.2, 0) is 14.3 Å². The summed E-state index contributed by atoms with van der Waals surface area (Å²) in [5.41, 5.74) is 7.03. The molecule has 7 heteroatoms. The minimum absolute atomic E-state index is 0.000204. The summed E-state index contributed by atoms with van der Waals surface area (Å²) < 4.78 is 16.1. The van der Waals surface area contributed by atoms with Gasteiger partial charge in [-0.25, -0.2) is 0 Å². The van der Waals surface area contributed by atoms with Crippen LogP contribution in [0, 0.1) is 16.7 Å². The van der Waals surface area contributed by atoms with Crippen molar-refractivity contribution in [3.63, 3.8) is 0 Å². The standard InChI is InChI=1S/C21H22N2O5/c1-11(24)27-15-6-5-12(7-16(15)26-4)18-13(10-22)20(23)28-17-9-21(2,3)8-14(25)19(17)18/h5-7,18H,8-9,23H2,1-4H3. The van der Waals surface area contributed by atoms with Gasteiger partial charge >= 0.3 is 5.97 Å². The maximum absolute atomic E-state index is 13.0. The Kier molecular flexibility index (Phi) is 4.90. The average Bonchev–Trinajstić information content (AvgIpc) is 2.59. The van der Waals surface area contributed by atoms with Crippen LogP contribution in [-0.4, -0.2) is 18.9 Å². The lowest BCUT2D eigenvalue weighted by Gasteiger charge is -2.37. The number of ether oxygens (including phenoxy) is 3. The number of esters is 1. The second kappa shape index (κ2) is 7.04. The first kappa shape index (κ1) is 19.5. The monoisotopic (exact) mass is 382 g/mol. The van der Waals surface area contributed by atoms with Gasteiger partial charge in [0.05, 0.1) is 13.0 Å². The molecule has 1 aliphatic carbocycles. The van der Waals surface area contributed by atoms with Crippen molar-refractivity contribution in [3.05, 3.63) is 46.6 Å². The maximum Gasteiger partial charge on any atom is 0.308 e. The molecule has 0 saturated heterocycles. The molecule has 0 bridgehead atoms. The predicted molar refractivity (Wildman–Crippen MR) is 100 cm³/mol. The largest absolute Gasteiger partial charge is 0.493 e. The first-order chi connectivity index (χ1) is 13.2. The lowest BCUT2D eigenvalue weighted by atomic mass is 9.70. The van der Waals surface area contributed by atoms with E-state index in [1.165, 1.54) is 14.0 Å². The van der Waals surface area contributed by atoms with E-state index in [0.29, 0.717) is 35.5 Å². The van der Waals surface area contributed by atoms with Gasteiger partial charge in [0.25, 0.3) is 0 Å². The Balaban J connectivity index is 2.15. The highest BCUT2D eigenvalue weighted by atomic mass is 16.6. The molecule has 0 aromatic heterocycles. The van der Waals surface area contributed by atoms with Crippen molar-refractivity contribution in [1.82, 2.24) is 0 Å². The lowest BCUT2D eigenvalue weighted by molar-refractivity contribution is -0.132. The number of allylic oxidation sites excluding steroid dienone is 3. The van der Waals surface area contributed by atoms with Gasteiger partial charge in [0.1, 0.15) is 17.4 Å². The molecule has 1 atom stereocenters. The van der Waals surface area contributed by atoms with E-state index in [1.54, 1.807) is 18.2 Å². The van der Waals surface area contributed by atoms with Crippen LogP contribution in [0.1, 0.15) is 45.1 Å². The molecule has 0 fully saturated rings. The highest BCUT2D eigenvalue weighted by molar-refractivity contribution is 6.00. The quantitative estimate of drug-likeness (QED) is 0.631. The number of hydrogen-bond donors (Lipinski definition) is 1. The zero-order valence-electron chi connectivity index (χ0n) is 16.3. The van der Waals surface area contributed by atoms with E-state index in [0.717, 1.165) is 0 Å². The van der Waals surface area contributed by atoms with E-state index in [9.17, 15) is 14.9 Å². The third-order valence-electron chi connectivity index (χ3n) is 4.85. The molecule has 28 heavy (non-hydrogen) atoms. The molecule has 146 valence electrons. The molecule has 0 radical (unpaired) electrons. The summed E-state index contributed by atoms with van der Waals surface area (Å²) in [6.07, 6.45) is 0.902. The molecular weight excluding hydrogens is 360 g/mol.